The van der Waals surface area contributed by atoms with Crippen LogP contribution in [0.2, 0.25) is 0 Å². The highest BCUT2D eigenvalue weighted by atomic mass is 32.2. The van der Waals surface area contributed by atoms with E-state index in [1.54, 1.807) is 31.2 Å². The maximum absolute atomic E-state index is 13.7. The molecule has 9 nitrogen and oxygen atoms in total. The molecule has 1 aliphatic heterocycles. The van der Waals surface area contributed by atoms with E-state index in [9.17, 15) is 17.6 Å². The summed E-state index contributed by atoms with van der Waals surface area (Å²) in [4.78, 5) is 12.8. The Morgan fingerprint density at radius 2 is 1.97 bits per heavy atom. The molecule has 3 aromatic rings. The third kappa shape index (κ3) is 4.47. The number of aryl methyl sites for hydroxylation is 1. The molecule has 0 aliphatic carbocycles. The minimum atomic E-state index is -3.77. The van der Waals surface area contributed by atoms with Crippen LogP contribution in [0.15, 0.2) is 53.7 Å². The molecule has 1 amide bonds. The van der Waals surface area contributed by atoms with Crippen molar-refractivity contribution in [2.24, 2.45) is 5.92 Å². The number of tetrazole rings is 1. The second-order valence-electron chi connectivity index (χ2n) is 7.40. The van der Waals surface area contributed by atoms with E-state index in [0.717, 1.165) is 0 Å². The highest BCUT2D eigenvalue weighted by molar-refractivity contribution is 7.89. The Hall–Kier alpha value is -3.18. The van der Waals surface area contributed by atoms with E-state index in [4.69, 9.17) is 0 Å². The first-order chi connectivity index (χ1) is 14.8. The van der Waals surface area contributed by atoms with Crippen molar-refractivity contribution in [2.75, 3.05) is 18.4 Å². The van der Waals surface area contributed by atoms with Gasteiger partial charge < -0.3 is 5.32 Å². The third-order valence-electron chi connectivity index (χ3n) is 5.28. The van der Waals surface area contributed by atoms with Gasteiger partial charge in [0.05, 0.1) is 16.5 Å². The molecule has 1 atom stereocenters. The largest absolute Gasteiger partial charge is 0.326 e. The number of nitrogens with one attached hydrogen (secondary N) is 1. The van der Waals surface area contributed by atoms with Crippen molar-refractivity contribution in [1.29, 1.82) is 0 Å². The number of rotatable bonds is 5. The molecule has 0 radical (unpaired) electrons. The molecule has 2 heterocycles. The zero-order valence-electron chi connectivity index (χ0n) is 16.8. The van der Waals surface area contributed by atoms with Gasteiger partial charge in [-0.05, 0) is 72.2 Å². The van der Waals surface area contributed by atoms with Gasteiger partial charge in [-0.25, -0.2) is 17.5 Å². The lowest BCUT2D eigenvalue weighted by atomic mass is 9.98. The van der Waals surface area contributed by atoms with Crippen LogP contribution in [0, 0.1) is 18.7 Å². The van der Waals surface area contributed by atoms with Crippen LogP contribution in [-0.4, -0.2) is 51.9 Å². The topological polar surface area (TPSA) is 110 Å². The molecule has 1 fully saturated rings. The molecule has 162 valence electrons. The van der Waals surface area contributed by atoms with Crippen LogP contribution in [0.5, 0.6) is 0 Å². The second-order valence-corrected chi connectivity index (χ2v) is 9.34. The molecule has 0 spiro atoms. The van der Waals surface area contributed by atoms with Crippen molar-refractivity contribution in [3.05, 3.63) is 60.2 Å². The molecule has 0 saturated carbocycles. The quantitative estimate of drug-likeness (QED) is 0.646. The van der Waals surface area contributed by atoms with E-state index >= 15 is 0 Å². The van der Waals surface area contributed by atoms with E-state index in [2.05, 4.69) is 20.8 Å². The van der Waals surface area contributed by atoms with Gasteiger partial charge in [-0.15, -0.1) is 5.10 Å². The van der Waals surface area contributed by atoms with Crippen LogP contribution in [0.1, 0.15) is 18.4 Å². The fourth-order valence-corrected chi connectivity index (χ4v) is 5.01. The van der Waals surface area contributed by atoms with Gasteiger partial charge in [0.2, 0.25) is 15.9 Å². The van der Waals surface area contributed by atoms with Crippen LogP contribution >= 0.6 is 0 Å². The van der Waals surface area contributed by atoms with Crippen LogP contribution in [0.4, 0.5) is 10.1 Å². The predicted octanol–water partition coefficient (Wildman–Crippen LogP) is 2.15. The fourth-order valence-electron chi connectivity index (χ4n) is 3.49. The molecular weight excluding hydrogens is 423 g/mol. The third-order valence-corrected chi connectivity index (χ3v) is 7.16. The average Bonchev–Trinajstić information content (AvgIpc) is 3.31. The number of sulfonamides is 1. The number of carbonyl (C=O) groups is 1. The van der Waals surface area contributed by atoms with Gasteiger partial charge in [0.15, 0.2) is 0 Å². The summed E-state index contributed by atoms with van der Waals surface area (Å²) in [5.74, 6) is -1.25. The average molecular weight is 444 g/mol. The summed E-state index contributed by atoms with van der Waals surface area (Å²) in [6.07, 6.45) is 2.53. The number of aromatic nitrogens is 4. The van der Waals surface area contributed by atoms with Crippen molar-refractivity contribution in [3.8, 4) is 5.69 Å². The van der Waals surface area contributed by atoms with E-state index < -0.39 is 21.8 Å². The summed E-state index contributed by atoms with van der Waals surface area (Å²) in [6.45, 7) is 2.04. The summed E-state index contributed by atoms with van der Waals surface area (Å²) < 4.78 is 42.7. The summed E-state index contributed by atoms with van der Waals surface area (Å²) in [5.41, 5.74) is 1.47. The molecule has 31 heavy (non-hydrogen) atoms. The van der Waals surface area contributed by atoms with E-state index in [0.29, 0.717) is 36.3 Å². The summed E-state index contributed by atoms with van der Waals surface area (Å²) in [7, 11) is -3.77. The summed E-state index contributed by atoms with van der Waals surface area (Å²) in [6, 6.07) is 10.7. The van der Waals surface area contributed by atoms with Gasteiger partial charge in [-0.3, -0.25) is 4.79 Å². The first-order valence-corrected chi connectivity index (χ1v) is 11.2. The number of hydrogen-bond donors (Lipinski definition) is 1. The van der Waals surface area contributed by atoms with Crippen molar-refractivity contribution in [3.63, 3.8) is 0 Å². The molecule has 1 aromatic heterocycles. The van der Waals surface area contributed by atoms with Crippen LogP contribution < -0.4 is 5.32 Å². The monoisotopic (exact) mass is 444 g/mol. The van der Waals surface area contributed by atoms with Gasteiger partial charge >= 0.3 is 0 Å². The van der Waals surface area contributed by atoms with E-state index in [1.807, 2.05) is 0 Å². The Morgan fingerprint density at radius 3 is 2.65 bits per heavy atom. The van der Waals surface area contributed by atoms with Gasteiger partial charge in [-0.2, -0.15) is 4.31 Å². The lowest BCUT2D eigenvalue weighted by Gasteiger charge is -2.31. The van der Waals surface area contributed by atoms with Crippen molar-refractivity contribution >= 4 is 21.6 Å². The van der Waals surface area contributed by atoms with Gasteiger partial charge in [-0.1, -0.05) is 6.07 Å². The highest BCUT2D eigenvalue weighted by Gasteiger charge is 2.33. The Balaban J connectivity index is 1.46. The fraction of sp³-hybridized carbons (Fsp3) is 0.300. The van der Waals surface area contributed by atoms with E-state index in [1.165, 1.54) is 33.5 Å². The number of anilines is 1. The molecule has 1 aliphatic rings. The van der Waals surface area contributed by atoms with Gasteiger partial charge in [0.25, 0.3) is 0 Å². The molecule has 1 N–H and O–H groups in total. The minimum absolute atomic E-state index is 0.0667. The predicted molar refractivity (Wildman–Crippen MR) is 110 cm³/mol. The smallest absolute Gasteiger partial charge is 0.243 e. The van der Waals surface area contributed by atoms with Crippen LogP contribution in [0.25, 0.3) is 5.69 Å². The maximum atomic E-state index is 13.7. The Labute approximate surface area is 178 Å². The number of amides is 1. The Bertz CT molecular complexity index is 1180. The number of piperidine rings is 1. The number of carbonyl (C=O) groups excluding carboxylic acids is 1. The number of halogens is 1. The molecule has 4 rings (SSSR count). The van der Waals surface area contributed by atoms with Crippen molar-refractivity contribution < 1.29 is 17.6 Å². The maximum Gasteiger partial charge on any atom is 0.243 e. The van der Waals surface area contributed by atoms with Gasteiger partial charge in [0, 0.05) is 18.8 Å². The Morgan fingerprint density at radius 1 is 1.19 bits per heavy atom. The standard InChI is InChI=1S/C20H21FN6O3S/c1-14-4-5-16(11-19(14)21)23-20(28)15-3-2-10-26(12-15)31(29,30)18-8-6-17(7-9-18)27-13-22-24-25-27/h4-9,11,13,15H,2-3,10,12H2,1H3,(H,23,28). The molecule has 0 bridgehead atoms. The number of hydrogen-bond acceptors (Lipinski definition) is 6. The van der Waals surface area contributed by atoms with Crippen LogP contribution in [-0.2, 0) is 14.8 Å². The first-order valence-electron chi connectivity index (χ1n) is 9.75. The molecule has 1 unspecified atom stereocenters. The summed E-state index contributed by atoms with van der Waals surface area (Å²) in [5, 5.41) is 13.6. The van der Waals surface area contributed by atoms with Crippen LogP contribution in [0.3, 0.4) is 0 Å². The van der Waals surface area contributed by atoms with Crippen molar-refractivity contribution in [1.82, 2.24) is 24.5 Å². The SMILES string of the molecule is Cc1ccc(NC(=O)C2CCCN(S(=O)(=O)c3ccc(-n4cnnn4)cc3)C2)cc1F. The zero-order valence-corrected chi connectivity index (χ0v) is 17.6. The second kappa shape index (κ2) is 8.52. The lowest BCUT2D eigenvalue weighted by Crippen LogP contribution is -2.43. The zero-order chi connectivity index (χ0) is 22.0. The molecule has 1 saturated heterocycles. The first kappa shape index (κ1) is 21.1. The molecule has 11 heteroatoms. The Kier molecular flexibility index (Phi) is 5.79. The number of benzene rings is 2. The normalized spacial score (nSPS) is 17.4. The lowest BCUT2D eigenvalue weighted by molar-refractivity contribution is -0.120. The van der Waals surface area contributed by atoms with Crippen molar-refractivity contribution in [2.45, 2.75) is 24.7 Å². The number of nitrogens with zero attached hydrogens (tertiary/aromatic N) is 5. The van der Waals surface area contributed by atoms with Gasteiger partial charge in [0.1, 0.15) is 12.1 Å². The highest BCUT2D eigenvalue weighted by Crippen LogP contribution is 2.25. The van der Waals surface area contributed by atoms with E-state index in [-0.39, 0.29) is 17.3 Å². The molecule has 2 aromatic carbocycles. The minimum Gasteiger partial charge on any atom is -0.326 e. The molecular formula is C20H21FN6O3S. The summed E-state index contributed by atoms with van der Waals surface area (Å²) >= 11 is 0.